The predicted molar refractivity (Wildman–Crippen MR) is 27.7 cm³/mol. The Morgan fingerprint density at radius 1 is 1.60 bits per heavy atom. The van der Waals surface area contributed by atoms with Crippen LogP contribution in [0.5, 0.6) is 0 Å². The predicted octanol–water partition coefficient (Wildman–Crippen LogP) is -1.98. The van der Waals surface area contributed by atoms with E-state index in [1.54, 1.807) is 0 Å². The van der Waals surface area contributed by atoms with E-state index in [2.05, 4.69) is 4.18 Å². The summed E-state index contributed by atoms with van der Waals surface area (Å²) in [5.41, 5.74) is 0. The Bertz CT molecular complexity index is 203. The molecule has 0 aliphatic carbocycles. The van der Waals surface area contributed by atoms with Gasteiger partial charge in [0.2, 0.25) is 10.4 Å². The normalized spacial score (nSPS) is 11.4. The molecule has 0 heterocycles. The second-order valence-corrected chi connectivity index (χ2v) is 2.42. The number of aliphatic hydroxyl groups excluding tert-OH is 1. The largest absolute Gasteiger partial charge is 0.726 e. The molecule has 0 aliphatic rings. The summed E-state index contributed by atoms with van der Waals surface area (Å²) in [5, 5.41) is 8.01. The van der Waals surface area contributed by atoms with Gasteiger partial charge < -0.3 is 9.66 Å². The van der Waals surface area contributed by atoms with Crippen molar-refractivity contribution in [3.63, 3.8) is 0 Å². The van der Waals surface area contributed by atoms with Crippen LogP contribution in [0.15, 0.2) is 0 Å². The Balaban J connectivity index is 3.67. The van der Waals surface area contributed by atoms with Crippen LogP contribution < -0.4 is 0 Å². The monoisotopic (exact) mass is 169 g/mol. The van der Waals surface area contributed by atoms with Gasteiger partial charge in [-0.3, -0.25) is 8.98 Å². The molecule has 6 nitrogen and oxygen atoms in total. The van der Waals surface area contributed by atoms with E-state index in [1.165, 1.54) is 0 Å². The molecule has 0 aliphatic heterocycles. The molecule has 1 N–H and O–H groups in total. The molecule has 60 valence electrons. The van der Waals surface area contributed by atoms with Crippen LogP contribution in [-0.2, 0) is 19.4 Å². The molecule has 10 heavy (non-hydrogen) atoms. The maximum absolute atomic E-state index is 10.1. The maximum atomic E-state index is 10.1. The fourth-order valence-corrected chi connectivity index (χ4v) is 0.459. The lowest BCUT2D eigenvalue weighted by Gasteiger charge is -2.04. The zero-order chi connectivity index (χ0) is 8.20. The third-order valence-electron chi connectivity index (χ3n) is 0.541. The lowest BCUT2D eigenvalue weighted by atomic mass is 10.5. The molecule has 0 bridgehead atoms. The highest BCUT2D eigenvalue weighted by Crippen LogP contribution is 1.84. The summed E-state index contributed by atoms with van der Waals surface area (Å²) in [7, 11) is -4.81. The van der Waals surface area contributed by atoms with Crippen molar-refractivity contribution in [3.8, 4) is 0 Å². The molecular weight excluding hydrogens is 164 g/mol. The number of rotatable bonds is 4. The number of ketones is 1. The third-order valence-corrected chi connectivity index (χ3v) is 0.947. The average Bonchev–Trinajstić information content (AvgIpc) is 1.81. The number of aliphatic hydroxyl groups is 1. The van der Waals surface area contributed by atoms with Crippen molar-refractivity contribution in [2.45, 2.75) is 0 Å². The lowest BCUT2D eigenvalue weighted by Crippen LogP contribution is -2.16. The molecule has 0 aromatic carbocycles. The summed E-state index contributed by atoms with van der Waals surface area (Å²) < 4.78 is 32.4. The Morgan fingerprint density at radius 3 is 2.40 bits per heavy atom. The highest BCUT2D eigenvalue weighted by Gasteiger charge is 2.01. The zero-order valence-electron chi connectivity index (χ0n) is 4.81. The standard InChI is InChI=1S/C3H6O6S/c4-1-3(5)2-9-10(6,7)8/h4H,1-2H2,(H,6,7,8)/p-1. The number of carbonyl (C=O) groups is 1. The van der Waals surface area contributed by atoms with Gasteiger partial charge in [0.15, 0.2) is 5.78 Å². The summed E-state index contributed by atoms with van der Waals surface area (Å²) in [6.45, 7) is -1.74. The lowest BCUT2D eigenvalue weighted by molar-refractivity contribution is -0.123. The van der Waals surface area contributed by atoms with E-state index in [4.69, 9.17) is 5.11 Å². The van der Waals surface area contributed by atoms with Gasteiger partial charge >= 0.3 is 0 Å². The van der Waals surface area contributed by atoms with E-state index >= 15 is 0 Å². The van der Waals surface area contributed by atoms with Crippen LogP contribution in [0.1, 0.15) is 0 Å². The summed E-state index contributed by atoms with van der Waals surface area (Å²) >= 11 is 0. The summed E-state index contributed by atoms with van der Waals surface area (Å²) in [5.74, 6) is -0.862. The van der Waals surface area contributed by atoms with Crippen molar-refractivity contribution in [1.29, 1.82) is 0 Å². The first kappa shape index (κ1) is 9.50. The van der Waals surface area contributed by atoms with Crippen LogP contribution in [0.25, 0.3) is 0 Å². The fourth-order valence-electron chi connectivity index (χ4n) is 0.184. The smallest absolute Gasteiger partial charge is 0.218 e. The minimum Gasteiger partial charge on any atom is -0.726 e. The van der Waals surface area contributed by atoms with Crippen LogP contribution >= 0.6 is 0 Å². The molecule has 0 aromatic heterocycles. The minimum absolute atomic E-state index is 0.838. The first-order valence-corrected chi connectivity index (χ1v) is 3.52. The molecule has 0 spiro atoms. The van der Waals surface area contributed by atoms with Gasteiger partial charge in [-0.1, -0.05) is 0 Å². The van der Waals surface area contributed by atoms with Crippen LogP contribution in [-0.4, -0.2) is 37.1 Å². The van der Waals surface area contributed by atoms with Gasteiger partial charge in [-0.15, -0.1) is 0 Å². The van der Waals surface area contributed by atoms with Gasteiger partial charge in [-0.25, -0.2) is 8.42 Å². The molecule has 0 saturated carbocycles. The molecule has 0 fully saturated rings. The number of hydrogen-bond acceptors (Lipinski definition) is 6. The SMILES string of the molecule is O=C(CO)COS(=O)(=O)[O-]. The highest BCUT2D eigenvalue weighted by atomic mass is 32.3. The van der Waals surface area contributed by atoms with E-state index in [0.717, 1.165) is 0 Å². The summed E-state index contributed by atoms with van der Waals surface area (Å²) in [4.78, 5) is 10.1. The van der Waals surface area contributed by atoms with Gasteiger partial charge in [-0.05, 0) is 0 Å². The van der Waals surface area contributed by atoms with Gasteiger partial charge in [0, 0.05) is 0 Å². The average molecular weight is 169 g/mol. The highest BCUT2D eigenvalue weighted by molar-refractivity contribution is 7.80. The van der Waals surface area contributed by atoms with Crippen LogP contribution in [0, 0.1) is 0 Å². The van der Waals surface area contributed by atoms with E-state index in [0.29, 0.717) is 0 Å². The number of hydrogen-bond donors (Lipinski definition) is 1. The molecule has 0 amide bonds. The quantitative estimate of drug-likeness (QED) is 0.386. The molecule has 0 rings (SSSR count). The Morgan fingerprint density at radius 2 is 2.10 bits per heavy atom. The molecule has 0 unspecified atom stereocenters. The van der Waals surface area contributed by atoms with Gasteiger partial charge in [-0.2, -0.15) is 0 Å². The van der Waals surface area contributed by atoms with Crippen LogP contribution in [0.2, 0.25) is 0 Å². The van der Waals surface area contributed by atoms with Crippen molar-refractivity contribution in [2.24, 2.45) is 0 Å². The third kappa shape index (κ3) is 5.63. The summed E-state index contributed by atoms with van der Waals surface area (Å²) in [6, 6.07) is 0. The van der Waals surface area contributed by atoms with Gasteiger partial charge in [0.25, 0.3) is 0 Å². The van der Waals surface area contributed by atoms with E-state index in [1.807, 2.05) is 0 Å². The van der Waals surface area contributed by atoms with Gasteiger partial charge in [0.05, 0.1) is 0 Å². The van der Waals surface area contributed by atoms with Crippen molar-refractivity contribution in [2.75, 3.05) is 13.2 Å². The van der Waals surface area contributed by atoms with Gasteiger partial charge in [0.1, 0.15) is 13.2 Å². The summed E-state index contributed by atoms with van der Waals surface area (Å²) in [6.07, 6.45) is 0. The van der Waals surface area contributed by atoms with E-state index in [-0.39, 0.29) is 0 Å². The molecule has 7 heteroatoms. The van der Waals surface area contributed by atoms with Crippen molar-refractivity contribution < 1.29 is 27.1 Å². The first-order chi connectivity index (χ1) is 4.45. The van der Waals surface area contributed by atoms with Crippen molar-refractivity contribution in [1.82, 2.24) is 0 Å². The second kappa shape index (κ2) is 3.62. The Kier molecular flexibility index (Phi) is 3.43. The molecule has 0 saturated heterocycles. The topological polar surface area (TPSA) is 104 Å². The maximum Gasteiger partial charge on any atom is 0.218 e. The van der Waals surface area contributed by atoms with E-state index in [9.17, 15) is 17.8 Å². The Labute approximate surface area is 57.4 Å². The minimum atomic E-state index is -4.81. The van der Waals surface area contributed by atoms with Crippen molar-refractivity contribution >= 4 is 16.2 Å². The Hall–Kier alpha value is -0.500. The molecular formula is C3H5O6S-. The van der Waals surface area contributed by atoms with Crippen molar-refractivity contribution in [3.05, 3.63) is 0 Å². The van der Waals surface area contributed by atoms with Crippen LogP contribution in [0.3, 0.4) is 0 Å². The number of Topliss-reactive ketones (excluding diaryl/α,β-unsaturated/α-hetero) is 1. The molecule has 0 radical (unpaired) electrons. The fraction of sp³-hybridized carbons (Fsp3) is 0.667. The zero-order valence-corrected chi connectivity index (χ0v) is 5.63. The molecule has 0 aromatic rings. The number of carbonyl (C=O) groups excluding carboxylic acids is 1. The first-order valence-electron chi connectivity index (χ1n) is 2.18. The van der Waals surface area contributed by atoms with Crippen LogP contribution in [0.4, 0.5) is 0 Å². The molecule has 0 atom stereocenters. The second-order valence-electron chi connectivity index (χ2n) is 1.37. The van der Waals surface area contributed by atoms with E-state index < -0.39 is 29.4 Å².